The Balaban J connectivity index is 1.31. The van der Waals surface area contributed by atoms with Crippen LogP contribution in [0.3, 0.4) is 0 Å². The van der Waals surface area contributed by atoms with Crippen molar-refractivity contribution in [3.8, 4) is 11.8 Å². The smallest absolute Gasteiger partial charge is 0.407 e. The van der Waals surface area contributed by atoms with E-state index >= 15 is 8.78 Å². The van der Waals surface area contributed by atoms with Gasteiger partial charge in [0, 0.05) is 85.6 Å². The number of allylic oxidation sites excluding steroid dienone is 1. The molecule has 7 atom stereocenters. The van der Waals surface area contributed by atoms with Crippen molar-refractivity contribution in [2.24, 2.45) is 10.8 Å². The van der Waals surface area contributed by atoms with E-state index in [9.17, 15) is 59.4 Å². The van der Waals surface area contributed by atoms with Gasteiger partial charge in [0.15, 0.2) is 0 Å². The molecule has 3 saturated heterocycles. The molecule has 2 unspecified atom stereocenters. The van der Waals surface area contributed by atoms with Crippen LogP contribution in [0.15, 0.2) is 67.0 Å². The van der Waals surface area contributed by atoms with Crippen molar-refractivity contribution in [1.82, 2.24) is 41.6 Å². The maximum absolute atomic E-state index is 15.9. The zero-order valence-electron chi connectivity index (χ0n) is 45.4. The number of amides is 4. The Bertz CT molecular complexity index is 2800. The molecule has 6 rings (SSSR count). The number of aliphatic hydroxyl groups excluding tert-OH is 1. The SMILES string of the molecule is COC(=O)N[C@H](C(=O)N[C@@H](Cc1ccc(C#Cc2ccc(N3CC4CCC(C3)N4[C@H]3CCOC3)nc2)cc1)[C@@H](O)CN(Cc1c(F)cc(C(=N)/C=C\NC(F)F)cc1F)NC(=O)[C@@H](NC(=O)OC)C(C)(C)C(F)(F)F)C(C)(C)C(F)(F)F. The number of anilines is 1. The standard InChI is InChI=1S/C54H64F10N10O8/c1-51(2,53(59,60)61)44(69-49(78)80-5)46(76)68-41(21-31-10-7-30(8-11-31)9-12-32-13-16-43(67-24-32)72-25-34-14-15-35(26-72)74(34)36-18-20-82-29-36)42(75)28-73(71-47(77)45(70-50(79)81-6)52(3,4)54(62,63)64)27-37-38(55)22-33(23-39(37)56)40(65)17-19-66-48(57)58/h7-8,10-11,13,16-17,19,22-24,34-36,41-42,44-45,48,65-66,75H,14-15,18,20-21,25-29H2,1-6H3,(H,68,76)(H,69,78)(H,70,79)(H,71,77)/b19-17-,65-40?/t34?,35?,36-,41-,42-,44+,45+/m0/s1. The summed E-state index contributed by atoms with van der Waals surface area (Å²) in [5.74, 6) is 0.670. The summed E-state index contributed by atoms with van der Waals surface area (Å²) in [5, 5.41) is 28.1. The summed E-state index contributed by atoms with van der Waals surface area (Å²) in [7, 11) is 1.59. The lowest BCUT2D eigenvalue weighted by Gasteiger charge is -2.44. The number of benzene rings is 2. The number of nitrogens with one attached hydrogen (secondary N) is 6. The van der Waals surface area contributed by atoms with Gasteiger partial charge in [-0.2, -0.15) is 35.1 Å². The van der Waals surface area contributed by atoms with Gasteiger partial charge in [0.05, 0.1) is 49.5 Å². The molecule has 2 aromatic carbocycles. The van der Waals surface area contributed by atoms with Gasteiger partial charge in [0.2, 0.25) is 5.91 Å². The number of alkyl carbamates (subject to hydrolysis) is 2. The van der Waals surface area contributed by atoms with Gasteiger partial charge in [-0.1, -0.05) is 24.0 Å². The lowest BCUT2D eigenvalue weighted by molar-refractivity contribution is -0.221. The number of carbonyl (C=O) groups is 4. The van der Waals surface area contributed by atoms with Gasteiger partial charge < -0.3 is 50.9 Å². The minimum atomic E-state index is -5.24. The quantitative estimate of drug-likeness (QED) is 0.0201. The predicted octanol–water partition coefficient (Wildman–Crippen LogP) is 6.44. The number of piperazine rings is 1. The molecular weight excluding hydrogens is 1110 g/mol. The van der Waals surface area contributed by atoms with Gasteiger partial charge in [-0.25, -0.2) is 28.4 Å². The van der Waals surface area contributed by atoms with Gasteiger partial charge in [0.25, 0.3) is 5.91 Å². The Morgan fingerprint density at radius 1 is 0.817 bits per heavy atom. The molecule has 448 valence electrons. The highest BCUT2D eigenvalue weighted by Crippen LogP contribution is 2.42. The molecule has 4 heterocycles. The first-order valence-electron chi connectivity index (χ1n) is 25.7. The summed E-state index contributed by atoms with van der Waals surface area (Å²) in [5.41, 5.74) is -5.01. The maximum atomic E-state index is 15.9. The number of hydrogen-bond donors (Lipinski definition) is 7. The summed E-state index contributed by atoms with van der Waals surface area (Å²) in [4.78, 5) is 62.4. The normalized spacial score (nSPS) is 19.2. The van der Waals surface area contributed by atoms with E-state index < -0.39 is 126 Å². The molecule has 1 aromatic heterocycles. The molecule has 7 N–H and O–H groups in total. The number of methoxy groups -OCH3 is 2. The van der Waals surface area contributed by atoms with E-state index in [0.717, 1.165) is 71.7 Å². The van der Waals surface area contributed by atoms with Crippen molar-refractivity contribution in [2.45, 2.75) is 121 Å². The van der Waals surface area contributed by atoms with E-state index in [0.29, 0.717) is 80.3 Å². The first-order valence-corrected chi connectivity index (χ1v) is 25.7. The lowest BCUT2D eigenvalue weighted by Crippen LogP contribution is -2.63. The summed E-state index contributed by atoms with van der Waals surface area (Å²) in [6, 6.07) is 5.34. The monoisotopic (exact) mass is 1170 g/mol. The van der Waals surface area contributed by atoms with Crippen LogP contribution in [0.2, 0.25) is 0 Å². The van der Waals surface area contributed by atoms with Crippen LogP contribution in [0.1, 0.15) is 74.8 Å². The molecule has 0 radical (unpaired) electrons. The summed E-state index contributed by atoms with van der Waals surface area (Å²) in [6.07, 6.45) is -9.82. The van der Waals surface area contributed by atoms with Gasteiger partial charge in [-0.05, 0) is 101 Å². The Hall–Kier alpha value is -7.22. The number of rotatable bonds is 21. The largest absolute Gasteiger partial charge is 0.453 e. The van der Waals surface area contributed by atoms with Crippen LogP contribution < -0.4 is 31.6 Å². The van der Waals surface area contributed by atoms with Crippen LogP contribution in [0, 0.1) is 39.7 Å². The number of hydrazine groups is 1. The minimum Gasteiger partial charge on any atom is -0.453 e. The van der Waals surface area contributed by atoms with Gasteiger partial charge in [-0.15, -0.1) is 0 Å². The molecule has 3 aliphatic rings. The fourth-order valence-corrected chi connectivity index (χ4v) is 9.75. The predicted molar refractivity (Wildman–Crippen MR) is 277 cm³/mol. The first-order chi connectivity index (χ1) is 38.4. The van der Waals surface area contributed by atoms with E-state index in [1.165, 1.54) is 24.3 Å². The topological polar surface area (TPSA) is 223 Å². The second-order valence-corrected chi connectivity index (χ2v) is 21.1. The average Bonchev–Trinajstić information content (AvgIpc) is 3.31. The van der Waals surface area contributed by atoms with Crippen molar-refractivity contribution in [3.63, 3.8) is 0 Å². The van der Waals surface area contributed by atoms with Crippen LogP contribution in [0.25, 0.3) is 0 Å². The van der Waals surface area contributed by atoms with Gasteiger partial charge >= 0.3 is 31.1 Å². The Morgan fingerprint density at radius 2 is 1.37 bits per heavy atom. The number of halogens is 10. The van der Waals surface area contributed by atoms with Crippen molar-refractivity contribution in [2.75, 3.05) is 52.0 Å². The Morgan fingerprint density at radius 3 is 1.87 bits per heavy atom. The number of alkyl halides is 8. The van der Waals surface area contributed by atoms with E-state index in [1.807, 2.05) is 22.9 Å². The molecule has 4 amide bonds. The first kappa shape index (κ1) is 64.0. The van der Waals surface area contributed by atoms with Crippen LogP contribution >= 0.6 is 0 Å². The fourth-order valence-electron chi connectivity index (χ4n) is 9.75. The number of carbonyl (C=O) groups excluding carboxylic acids is 4. The Kier molecular flexibility index (Phi) is 20.9. The number of aromatic nitrogens is 1. The molecule has 82 heavy (non-hydrogen) atoms. The molecular formula is C54H64F10N10O8. The number of fused-ring (bicyclic) bond motifs is 2. The zero-order chi connectivity index (χ0) is 60.5. The van der Waals surface area contributed by atoms with Crippen LogP contribution in [0.5, 0.6) is 0 Å². The number of aliphatic hydroxyl groups is 1. The van der Waals surface area contributed by atoms with E-state index in [-0.39, 0.29) is 5.56 Å². The second kappa shape index (κ2) is 26.8. The third-order valence-corrected chi connectivity index (χ3v) is 14.8. The lowest BCUT2D eigenvalue weighted by atomic mass is 9.82. The number of nitrogens with zero attached hydrogens (tertiary/aromatic N) is 4. The molecule has 2 bridgehead atoms. The minimum absolute atomic E-state index is 0.265. The molecule has 3 aliphatic heterocycles. The number of pyridine rings is 1. The Labute approximate surface area is 466 Å². The second-order valence-electron chi connectivity index (χ2n) is 21.1. The highest BCUT2D eigenvalue weighted by molar-refractivity contribution is 6.06. The van der Waals surface area contributed by atoms with E-state index in [2.05, 4.69) is 41.4 Å². The third kappa shape index (κ3) is 15.9. The van der Waals surface area contributed by atoms with Crippen molar-refractivity contribution < 1.29 is 82.4 Å². The number of ether oxygens (including phenoxy) is 3. The zero-order valence-corrected chi connectivity index (χ0v) is 45.4. The third-order valence-electron chi connectivity index (χ3n) is 14.8. The van der Waals surface area contributed by atoms with Crippen molar-refractivity contribution in [1.29, 1.82) is 5.41 Å². The van der Waals surface area contributed by atoms with Crippen molar-refractivity contribution >= 4 is 35.5 Å². The highest BCUT2D eigenvalue weighted by Gasteiger charge is 2.57. The molecule has 18 nitrogen and oxygen atoms in total. The maximum Gasteiger partial charge on any atom is 0.407 e. The summed E-state index contributed by atoms with van der Waals surface area (Å²) < 4.78 is 159. The summed E-state index contributed by atoms with van der Waals surface area (Å²) >= 11 is 0. The average molecular weight is 1170 g/mol. The highest BCUT2D eigenvalue weighted by atomic mass is 19.4. The number of hydrogen-bond acceptors (Lipinski definition) is 14. The van der Waals surface area contributed by atoms with Crippen LogP contribution in [-0.2, 0) is 36.8 Å². The molecule has 3 aromatic rings. The molecule has 0 saturated carbocycles. The summed E-state index contributed by atoms with van der Waals surface area (Å²) in [6.45, 7) is 0.0579. The van der Waals surface area contributed by atoms with E-state index in [4.69, 9.17) is 10.1 Å². The fraction of sp³-hybridized carbons (Fsp3) is 0.519. The molecule has 3 fully saturated rings. The molecule has 0 aliphatic carbocycles. The molecule has 28 heteroatoms. The van der Waals surface area contributed by atoms with Gasteiger partial charge in [-0.3, -0.25) is 19.9 Å². The van der Waals surface area contributed by atoms with E-state index in [1.54, 1.807) is 16.8 Å². The van der Waals surface area contributed by atoms with Crippen LogP contribution in [0.4, 0.5) is 59.3 Å². The molecule has 0 spiro atoms. The van der Waals surface area contributed by atoms with Crippen molar-refractivity contribution in [3.05, 3.63) is 106 Å². The van der Waals surface area contributed by atoms with Crippen LogP contribution in [-0.4, -0.2) is 158 Å². The van der Waals surface area contributed by atoms with Gasteiger partial charge in [0.1, 0.15) is 29.5 Å².